The van der Waals surface area contributed by atoms with E-state index in [1.165, 1.54) is 17.8 Å². The number of carbonyl (C=O) groups is 1. The number of para-hydroxylation sites is 1. The number of hydrogen-bond acceptors (Lipinski definition) is 6. The van der Waals surface area contributed by atoms with Gasteiger partial charge in [-0.15, -0.1) is 10.2 Å². The summed E-state index contributed by atoms with van der Waals surface area (Å²) in [5.74, 6) is 1.21. The van der Waals surface area contributed by atoms with Crippen molar-refractivity contribution in [3.63, 3.8) is 0 Å². The molecule has 1 amide bonds. The summed E-state index contributed by atoms with van der Waals surface area (Å²) in [7, 11) is 0. The molecule has 8 nitrogen and oxygen atoms in total. The van der Waals surface area contributed by atoms with Crippen LogP contribution in [0, 0.1) is 12.7 Å². The van der Waals surface area contributed by atoms with Crippen molar-refractivity contribution in [2.24, 2.45) is 0 Å². The predicted molar refractivity (Wildman–Crippen MR) is 133 cm³/mol. The van der Waals surface area contributed by atoms with Crippen LogP contribution in [0.3, 0.4) is 0 Å². The summed E-state index contributed by atoms with van der Waals surface area (Å²) in [5, 5.41) is 18.8. The van der Waals surface area contributed by atoms with Crippen LogP contribution in [0.1, 0.15) is 5.82 Å². The highest BCUT2D eigenvalue weighted by atomic mass is 32.2. The monoisotopic (exact) mass is 485 g/mol. The number of aryl methyl sites for hydroxylation is 1. The highest BCUT2D eigenvalue weighted by Gasteiger charge is 2.19. The van der Waals surface area contributed by atoms with Crippen LogP contribution in [-0.4, -0.2) is 41.6 Å². The molecule has 0 fully saturated rings. The molecule has 0 bridgehead atoms. The molecule has 2 heterocycles. The Morgan fingerprint density at radius 3 is 2.46 bits per heavy atom. The molecule has 0 saturated heterocycles. The lowest BCUT2D eigenvalue weighted by Gasteiger charge is -2.11. The first-order valence-corrected chi connectivity index (χ1v) is 11.7. The van der Waals surface area contributed by atoms with E-state index in [1.807, 2.05) is 49.4 Å². The maximum absolute atomic E-state index is 14.5. The summed E-state index contributed by atoms with van der Waals surface area (Å²) in [6.07, 6.45) is 0. The van der Waals surface area contributed by atoms with Gasteiger partial charge < -0.3 is 5.32 Å². The fourth-order valence-corrected chi connectivity index (χ4v) is 4.24. The van der Waals surface area contributed by atoms with Crippen LogP contribution in [0.25, 0.3) is 28.5 Å². The average Bonchev–Trinajstić information content (AvgIpc) is 3.50. The van der Waals surface area contributed by atoms with Crippen LogP contribution < -0.4 is 5.32 Å². The van der Waals surface area contributed by atoms with Gasteiger partial charge in [0, 0.05) is 16.9 Å². The van der Waals surface area contributed by atoms with Crippen LogP contribution >= 0.6 is 11.8 Å². The summed E-state index contributed by atoms with van der Waals surface area (Å²) in [5.41, 5.74) is 2.61. The maximum Gasteiger partial charge on any atom is 0.234 e. The summed E-state index contributed by atoms with van der Waals surface area (Å²) in [6, 6.07) is 23.1. The first-order chi connectivity index (χ1) is 17.1. The Kier molecular flexibility index (Phi) is 6.36. The first kappa shape index (κ1) is 22.5. The molecule has 5 aromatic rings. The van der Waals surface area contributed by atoms with E-state index in [0.717, 1.165) is 17.1 Å². The summed E-state index contributed by atoms with van der Waals surface area (Å²) in [6.45, 7) is 1.83. The number of anilines is 1. The fraction of sp³-hybridized carbons (Fsp3) is 0.0800. The molecule has 0 aliphatic heterocycles. The van der Waals surface area contributed by atoms with Gasteiger partial charge in [-0.2, -0.15) is 5.10 Å². The quantitative estimate of drug-likeness (QED) is 0.318. The van der Waals surface area contributed by atoms with Crippen molar-refractivity contribution in [3.05, 3.63) is 90.5 Å². The van der Waals surface area contributed by atoms with Crippen LogP contribution in [0.15, 0.2) is 84.0 Å². The van der Waals surface area contributed by atoms with E-state index in [9.17, 15) is 9.18 Å². The average molecular weight is 486 g/mol. The fourth-order valence-electron chi connectivity index (χ4n) is 3.49. The zero-order valence-electron chi connectivity index (χ0n) is 18.6. The number of nitrogens with zero attached hydrogens (tertiary/aromatic N) is 5. The second kappa shape index (κ2) is 9.90. The van der Waals surface area contributed by atoms with Crippen LogP contribution in [-0.2, 0) is 4.79 Å². The van der Waals surface area contributed by atoms with E-state index in [2.05, 4.69) is 30.7 Å². The zero-order valence-corrected chi connectivity index (χ0v) is 19.5. The molecule has 0 radical (unpaired) electrons. The molecule has 174 valence electrons. The summed E-state index contributed by atoms with van der Waals surface area (Å²) >= 11 is 1.22. The molecule has 2 aromatic heterocycles. The number of hydrogen-bond donors (Lipinski definition) is 2. The number of aromatic amines is 1. The van der Waals surface area contributed by atoms with Gasteiger partial charge in [-0.25, -0.2) is 9.37 Å². The minimum atomic E-state index is -0.393. The topological polar surface area (TPSA) is 101 Å². The normalized spacial score (nSPS) is 10.9. The van der Waals surface area contributed by atoms with Crippen LogP contribution in [0.5, 0.6) is 0 Å². The lowest BCUT2D eigenvalue weighted by molar-refractivity contribution is -0.113. The molecule has 0 aliphatic rings. The van der Waals surface area contributed by atoms with E-state index < -0.39 is 5.82 Å². The zero-order chi connectivity index (χ0) is 24.2. The Hall–Kier alpha value is -4.31. The van der Waals surface area contributed by atoms with E-state index in [4.69, 9.17) is 0 Å². The molecule has 0 aliphatic carbocycles. The predicted octanol–water partition coefficient (Wildman–Crippen LogP) is 4.90. The number of aromatic nitrogens is 6. The number of H-pyrrole nitrogens is 1. The third-order valence-electron chi connectivity index (χ3n) is 5.12. The van der Waals surface area contributed by atoms with E-state index in [1.54, 1.807) is 34.9 Å². The number of nitrogens with one attached hydrogen (secondary N) is 2. The number of halogens is 1. The van der Waals surface area contributed by atoms with Crippen LogP contribution in [0.2, 0.25) is 0 Å². The number of rotatable bonds is 7. The first-order valence-electron chi connectivity index (χ1n) is 10.8. The van der Waals surface area contributed by atoms with E-state index in [-0.39, 0.29) is 11.7 Å². The Morgan fingerprint density at radius 2 is 1.74 bits per heavy atom. The van der Waals surface area contributed by atoms with Gasteiger partial charge in [0.15, 0.2) is 16.8 Å². The molecule has 0 unspecified atom stereocenters. The molecular formula is C25H20FN7OS. The van der Waals surface area contributed by atoms with Gasteiger partial charge in [-0.05, 0) is 55.5 Å². The molecule has 10 heteroatoms. The molecule has 0 atom stereocenters. The lowest BCUT2D eigenvalue weighted by atomic mass is 10.2. The van der Waals surface area contributed by atoms with Gasteiger partial charge in [0.2, 0.25) is 5.91 Å². The second-order valence-corrected chi connectivity index (χ2v) is 8.56. The number of benzene rings is 3. The van der Waals surface area contributed by atoms with Gasteiger partial charge in [0.05, 0.1) is 11.3 Å². The van der Waals surface area contributed by atoms with Gasteiger partial charge in [-0.3, -0.25) is 14.5 Å². The summed E-state index contributed by atoms with van der Waals surface area (Å²) in [4.78, 5) is 16.9. The third-order valence-corrected chi connectivity index (χ3v) is 6.05. The largest absolute Gasteiger partial charge is 0.325 e. The summed E-state index contributed by atoms with van der Waals surface area (Å²) < 4.78 is 16.3. The minimum Gasteiger partial charge on any atom is -0.325 e. The molecule has 2 N–H and O–H groups in total. The minimum absolute atomic E-state index is 0.101. The third kappa shape index (κ3) is 4.97. The molecule has 0 saturated carbocycles. The highest BCUT2D eigenvalue weighted by Crippen LogP contribution is 2.29. The van der Waals surface area contributed by atoms with Crippen molar-refractivity contribution >= 4 is 23.4 Å². The smallest absolute Gasteiger partial charge is 0.234 e. The SMILES string of the molecule is Cc1nc(-c2ccc(NC(=O)CSc3nnc(-c4ccccc4F)n3-c3ccccc3)cc2)n[nH]1. The standard InChI is InChI=1S/C25H20FN7OS/c1-16-27-23(30-29-16)17-11-13-18(14-12-17)28-22(34)15-35-25-32-31-24(20-9-5-6-10-21(20)26)33(25)19-7-3-2-4-8-19/h2-14H,15H2,1H3,(H,28,34)(H,27,29,30). The van der Waals surface area contributed by atoms with Crippen molar-refractivity contribution in [2.75, 3.05) is 11.1 Å². The van der Waals surface area contributed by atoms with Crippen LogP contribution in [0.4, 0.5) is 10.1 Å². The number of carbonyl (C=O) groups excluding carboxylic acids is 1. The number of amides is 1. The Labute approximate surface area is 204 Å². The Bertz CT molecular complexity index is 1460. The van der Waals surface area contributed by atoms with Gasteiger partial charge in [0.1, 0.15) is 11.6 Å². The second-order valence-electron chi connectivity index (χ2n) is 7.62. The van der Waals surface area contributed by atoms with E-state index in [0.29, 0.717) is 28.1 Å². The molecule has 0 spiro atoms. The van der Waals surface area contributed by atoms with Gasteiger partial charge in [-0.1, -0.05) is 42.1 Å². The molecule has 5 rings (SSSR count). The Balaban J connectivity index is 1.32. The van der Waals surface area contributed by atoms with Crippen molar-refractivity contribution in [2.45, 2.75) is 12.1 Å². The van der Waals surface area contributed by atoms with Crippen molar-refractivity contribution in [3.8, 4) is 28.5 Å². The molecular weight excluding hydrogens is 465 g/mol. The van der Waals surface area contributed by atoms with Crippen molar-refractivity contribution in [1.82, 2.24) is 29.9 Å². The van der Waals surface area contributed by atoms with Gasteiger partial charge >= 0.3 is 0 Å². The molecule has 35 heavy (non-hydrogen) atoms. The molecule has 3 aromatic carbocycles. The maximum atomic E-state index is 14.5. The lowest BCUT2D eigenvalue weighted by Crippen LogP contribution is -2.14. The Morgan fingerprint density at radius 1 is 1.00 bits per heavy atom. The van der Waals surface area contributed by atoms with Crippen molar-refractivity contribution < 1.29 is 9.18 Å². The van der Waals surface area contributed by atoms with Crippen molar-refractivity contribution in [1.29, 1.82) is 0 Å². The van der Waals surface area contributed by atoms with Gasteiger partial charge in [0.25, 0.3) is 0 Å². The highest BCUT2D eigenvalue weighted by molar-refractivity contribution is 7.99. The number of thioether (sulfide) groups is 1. The van der Waals surface area contributed by atoms with E-state index >= 15 is 0 Å².